The van der Waals surface area contributed by atoms with Crippen molar-refractivity contribution in [2.45, 2.75) is 32.9 Å². The predicted octanol–water partition coefficient (Wildman–Crippen LogP) is 4.58. The van der Waals surface area contributed by atoms with Crippen LogP contribution in [-0.2, 0) is 22.6 Å². The van der Waals surface area contributed by atoms with E-state index in [1.165, 1.54) is 4.90 Å². The summed E-state index contributed by atoms with van der Waals surface area (Å²) in [6.07, 6.45) is 4.20. The number of likely N-dealkylation sites (tertiary alicyclic amines) is 1. The summed E-state index contributed by atoms with van der Waals surface area (Å²) in [4.78, 5) is 31.9. The summed E-state index contributed by atoms with van der Waals surface area (Å²) >= 11 is 0. The zero-order chi connectivity index (χ0) is 23.5. The summed E-state index contributed by atoms with van der Waals surface area (Å²) in [5.74, 6) is -0.864. The van der Waals surface area contributed by atoms with Gasteiger partial charge in [0.1, 0.15) is 11.5 Å². The first kappa shape index (κ1) is 22.3. The Morgan fingerprint density at radius 2 is 1.85 bits per heavy atom. The second-order valence-electron chi connectivity index (χ2n) is 8.07. The molecule has 1 atom stereocenters. The molecule has 0 bridgehead atoms. The van der Waals surface area contributed by atoms with Crippen molar-refractivity contribution in [3.8, 4) is 5.75 Å². The lowest BCUT2D eigenvalue weighted by molar-refractivity contribution is -0.140. The van der Waals surface area contributed by atoms with Crippen LogP contribution >= 0.6 is 0 Å². The average Bonchev–Trinajstić information content (AvgIpc) is 3.09. The third-order valence-corrected chi connectivity index (χ3v) is 5.99. The molecule has 1 fully saturated rings. The summed E-state index contributed by atoms with van der Waals surface area (Å²) in [7, 11) is 1.58. The van der Waals surface area contributed by atoms with Gasteiger partial charge >= 0.3 is 0 Å². The Kier molecular flexibility index (Phi) is 6.27. The lowest BCUT2D eigenvalue weighted by Crippen LogP contribution is -2.29. The molecular formula is C27H26N2O4. The molecule has 0 unspecified atom stereocenters. The number of benzene rings is 2. The van der Waals surface area contributed by atoms with Crippen LogP contribution in [0.1, 0.15) is 40.8 Å². The van der Waals surface area contributed by atoms with Gasteiger partial charge in [-0.25, -0.2) is 0 Å². The highest BCUT2D eigenvalue weighted by Gasteiger charge is 2.46. The first-order chi connectivity index (χ1) is 15.9. The van der Waals surface area contributed by atoms with E-state index in [-0.39, 0.29) is 17.9 Å². The van der Waals surface area contributed by atoms with Crippen LogP contribution in [0.5, 0.6) is 5.75 Å². The van der Waals surface area contributed by atoms with Gasteiger partial charge in [0, 0.05) is 24.5 Å². The number of aliphatic hydroxyl groups is 1. The maximum atomic E-state index is 13.2. The lowest BCUT2D eigenvalue weighted by atomic mass is 9.94. The second kappa shape index (κ2) is 9.28. The van der Waals surface area contributed by atoms with Crippen molar-refractivity contribution in [1.29, 1.82) is 0 Å². The fourth-order valence-electron chi connectivity index (χ4n) is 4.19. The van der Waals surface area contributed by atoms with Gasteiger partial charge in [-0.05, 0) is 59.9 Å². The molecule has 1 N–H and O–H groups in total. The predicted molar refractivity (Wildman–Crippen MR) is 126 cm³/mol. The van der Waals surface area contributed by atoms with Crippen LogP contribution in [0.25, 0.3) is 5.76 Å². The molecule has 0 spiro atoms. The SMILES string of the molecule is CCc1ccc([C@@H]2/C(=C(\O)c3ccc(OC)c(C)c3)C(=O)C(=O)N2Cc2cccnc2)cc1. The molecule has 1 amide bonds. The molecule has 0 saturated carbocycles. The number of carbonyl (C=O) groups is 2. The summed E-state index contributed by atoms with van der Waals surface area (Å²) in [5.41, 5.74) is 4.07. The van der Waals surface area contributed by atoms with E-state index in [1.54, 1.807) is 43.8 Å². The summed E-state index contributed by atoms with van der Waals surface area (Å²) in [6, 6.07) is 15.9. The molecule has 168 valence electrons. The third kappa shape index (κ3) is 4.24. The molecule has 2 heterocycles. The minimum atomic E-state index is -0.710. The zero-order valence-electron chi connectivity index (χ0n) is 18.9. The molecule has 6 nitrogen and oxygen atoms in total. The van der Waals surface area contributed by atoms with Crippen molar-refractivity contribution in [1.82, 2.24) is 9.88 Å². The Morgan fingerprint density at radius 3 is 2.45 bits per heavy atom. The van der Waals surface area contributed by atoms with Gasteiger partial charge in [0.2, 0.25) is 0 Å². The Labute approximate surface area is 193 Å². The van der Waals surface area contributed by atoms with E-state index >= 15 is 0 Å². The molecule has 1 saturated heterocycles. The molecule has 0 aliphatic carbocycles. The minimum Gasteiger partial charge on any atom is -0.507 e. The van der Waals surface area contributed by atoms with E-state index in [9.17, 15) is 14.7 Å². The monoisotopic (exact) mass is 442 g/mol. The van der Waals surface area contributed by atoms with Crippen LogP contribution in [0.15, 0.2) is 72.6 Å². The van der Waals surface area contributed by atoms with E-state index in [0.717, 1.165) is 28.7 Å². The second-order valence-corrected chi connectivity index (χ2v) is 8.07. The van der Waals surface area contributed by atoms with Gasteiger partial charge in [-0.15, -0.1) is 0 Å². The van der Waals surface area contributed by atoms with Gasteiger partial charge in [0.15, 0.2) is 0 Å². The number of ether oxygens (including phenoxy) is 1. The zero-order valence-corrected chi connectivity index (χ0v) is 18.9. The average molecular weight is 443 g/mol. The van der Waals surface area contributed by atoms with Crippen LogP contribution in [0.2, 0.25) is 0 Å². The number of aryl methyl sites for hydroxylation is 2. The highest BCUT2D eigenvalue weighted by atomic mass is 16.5. The first-order valence-corrected chi connectivity index (χ1v) is 10.9. The molecule has 0 radical (unpaired) electrons. The fraction of sp³-hybridized carbons (Fsp3) is 0.222. The minimum absolute atomic E-state index is 0.0812. The van der Waals surface area contributed by atoms with Gasteiger partial charge in [-0.3, -0.25) is 14.6 Å². The van der Waals surface area contributed by atoms with E-state index in [1.807, 2.05) is 37.3 Å². The molecule has 2 aromatic carbocycles. The number of amides is 1. The molecule has 33 heavy (non-hydrogen) atoms. The fourth-order valence-corrected chi connectivity index (χ4v) is 4.19. The van der Waals surface area contributed by atoms with Gasteiger partial charge < -0.3 is 14.7 Å². The largest absolute Gasteiger partial charge is 0.507 e. The number of nitrogens with zero attached hydrogens (tertiary/aromatic N) is 2. The van der Waals surface area contributed by atoms with Crippen LogP contribution in [-0.4, -0.2) is 33.8 Å². The number of Topliss-reactive ketones (excluding diaryl/α,β-unsaturated/α-hetero) is 1. The molecular weight excluding hydrogens is 416 g/mol. The third-order valence-electron chi connectivity index (χ3n) is 5.99. The number of ketones is 1. The van der Waals surface area contributed by atoms with Gasteiger partial charge in [-0.2, -0.15) is 0 Å². The standard InChI is InChI=1S/C27H26N2O4/c1-4-18-7-9-20(10-8-18)24-23(25(30)21-11-12-22(33-3)17(2)14-21)26(31)27(32)29(24)16-19-6-5-13-28-15-19/h5-15,24,30H,4,16H2,1-3H3/b25-23+/t24-/m1/s1. The Bertz CT molecular complexity index is 1220. The number of hydrogen-bond acceptors (Lipinski definition) is 5. The Hall–Kier alpha value is -3.93. The lowest BCUT2D eigenvalue weighted by Gasteiger charge is -2.25. The maximum absolute atomic E-state index is 13.2. The van der Waals surface area contributed by atoms with Gasteiger partial charge in [0.25, 0.3) is 11.7 Å². The Morgan fingerprint density at radius 1 is 1.09 bits per heavy atom. The topological polar surface area (TPSA) is 79.7 Å². The van der Waals surface area contributed by atoms with Crippen molar-refractivity contribution < 1.29 is 19.4 Å². The number of hydrogen-bond donors (Lipinski definition) is 1. The summed E-state index contributed by atoms with van der Waals surface area (Å²) < 4.78 is 5.31. The number of pyridine rings is 1. The number of aromatic nitrogens is 1. The van der Waals surface area contributed by atoms with Crippen molar-refractivity contribution in [3.63, 3.8) is 0 Å². The van der Waals surface area contributed by atoms with Crippen molar-refractivity contribution >= 4 is 17.4 Å². The van der Waals surface area contributed by atoms with Crippen LogP contribution in [0.3, 0.4) is 0 Å². The van der Waals surface area contributed by atoms with Crippen LogP contribution in [0.4, 0.5) is 0 Å². The number of aliphatic hydroxyl groups excluding tert-OH is 1. The van der Waals surface area contributed by atoms with Crippen molar-refractivity contribution in [2.75, 3.05) is 7.11 Å². The highest BCUT2D eigenvalue weighted by Crippen LogP contribution is 2.40. The number of rotatable bonds is 6. The van der Waals surface area contributed by atoms with E-state index in [4.69, 9.17) is 4.74 Å². The van der Waals surface area contributed by atoms with Crippen LogP contribution in [0, 0.1) is 6.92 Å². The highest BCUT2D eigenvalue weighted by molar-refractivity contribution is 6.46. The molecule has 6 heteroatoms. The van der Waals surface area contributed by atoms with Crippen molar-refractivity contribution in [3.05, 3.63) is 100 Å². The smallest absolute Gasteiger partial charge is 0.295 e. The van der Waals surface area contributed by atoms with E-state index in [0.29, 0.717) is 11.3 Å². The van der Waals surface area contributed by atoms with E-state index < -0.39 is 17.7 Å². The van der Waals surface area contributed by atoms with E-state index in [2.05, 4.69) is 11.9 Å². The summed E-state index contributed by atoms with van der Waals surface area (Å²) in [5, 5.41) is 11.2. The normalized spacial score (nSPS) is 17.4. The maximum Gasteiger partial charge on any atom is 0.295 e. The van der Waals surface area contributed by atoms with Gasteiger partial charge in [-0.1, -0.05) is 37.3 Å². The number of carbonyl (C=O) groups excluding carboxylic acids is 2. The molecule has 1 aliphatic heterocycles. The first-order valence-electron chi connectivity index (χ1n) is 10.9. The number of methoxy groups -OCH3 is 1. The molecule has 1 aromatic heterocycles. The molecule has 3 aromatic rings. The van der Waals surface area contributed by atoms with Crippen LogP contribution < -0.4 is 4.74 Å². The Balaban J connectivity index is 1.85. The quantitative estimate of drug-likeness (QED) is 0.343. The van der Waals surface area contributed by atoms with Crippen molar-refractivity contribution in [2.24, 2.45) is 0 Å². The molecule has 1 aliphatic rings. The molecule has 4 rings (SSSR count). The van der Waals surface area contributed by atoms with Gasteiger partial charge in [0.05, 0.1) is 18.7 Å². The summed E-state index contributed by atoms with van der Waals surface area (Å²) in [6.45, 7) is 4.13.